The Bertz CT molecular complexity index is 1420. The minimum absolute atomic E-state index is 0.0342. The number of esters is 3. The molecule has 0 fully saturated rings. The van der Waals surface area contributed by atoms with Crippen molar-refractivity contribution in [3.8, 4) is 17.2 Å². The number of para-hydroxylation sites is 1. The van der Waals surface area contributed by atoms with Crippen LogP contribution in [-0.2, 0) is 36.8 Å². The standard InChI is InChI=1S/C24H22N2O9/c1-11(27)33-21-14-8-9-24(23(30)31,35-13(3)29)10-15(14)22(34-12(2)28)19-20(21)26-18-16(25-19)6-5-7-17(18)32-4/h5-7H,8-10H2,1-4H3,(H,30,31). The highest BCUT2D eigenvalue weighted by Gasteiger charge is 2.47. The van der Waals surface area contributed by atoms with Crippen molar-refractivity contribution >= 4 is 45.9 Å². The minimum atomic E-state index is -1.90. The van der Waals surface area contributed by atoms with Gasteiger partial charge in [-0.1, -0.05) is 6.07 Å². The molecular weight excluding hydrogens is 460 g/mol. The first kappa shape index (κ1) is 23.9. The van der Waals surface area contributed by atoms with E-state index in [1.807, 2.05) is 0 Å². The first-order valence-corrected chi connectivity index (χ1v) is 10.7. The molecule has 1 atom stereocenters. The Kier molecular flexibility index (Phi) is 6.01. The summed E-state index contributed by atoms with van der Waals surface area (Å²) in [6.45, 7) is 3.52. The highest BCUT2D eigenvalue weighted by molar-refractivity contribution is 5.99. The molecule has 2 aromatic carbocycles. The number of aromatic nitrogens is 2. The molecule has 11 heteroatoms. The Morgan fingerprint density at radius 3 is 2.09 bits per heavy atom. The Labute approximate surface area is 199 Å². The minimum Gasteiger partial charge on any atom is -0.494 e. The molecule has 0 saturated heterocycles. The van der Waals surface area contributed by atoms with E-state index in [2.05, 4.69) is 9.97 Å². The molecule has 4 rings (SSSR count). The van der Waals surface area contributed by atoms with Crippen LogP contribution in [0.2, 0.25) is 0 Å². The third-order valence-corrected chi connectivity index (χ3v) is 5.68. The molecule has 35 heavy (non-hydrogen) atoms. The third-order valence-electron chi connectivity index (χ3n) is 5.68. The van der Waals surface area contributed by atoms with Gasteiger partial charge in [0.05, 0.1) is 12.6 Å². The molecule has 1 N–H and O–H groups in total. The second-order valence-electron chi connectivity index (χ2n) is 8.12. The number of carboxylic acids is 1. The number of hydrogen-bond acceptors (Lipinski definition) is 10. The van der Waals surface area contributed by atoms with Crippen LogP contribution in [0.4, 0.5) is 0 Å². The summed E-state index contributed by atoms with van der Waals surface area (Å²) in [7, 11) is 1.48. The van der Waals surface area contributed by atoms with E-state index in [1.165, 1.54) is 21.0 Å². The molecule has 0 aliphatic heterocycles. The van der Waals surface area contributed by atoms with Gasteiger partial charge in [0.1, 0.15) is 22.3 Å². The van der Waals surface area contributed by atoms with Gasteiger partial charge in [0.25, 0.3) is 0 Å². The van der Waals surface area contributed by atoms with Gasteiger partial charge in [0.2, 0.25) is 5.60 Å². The van der Waals surface area contributed by atoms with E-state index >= 15 is 0 Å². The molecule has 0 radical (unpaired) electrons. The topological polar surface area (TPSA) is 151 Å². The molecule has 0 bridgehead atoms. The molecule has 1 heterocycles. The summed E-state index contributed by atoms with van der Waals surface area (Å²) in [6, 6.07) is 5.07. The highest BCUT2D eigenvalue weighted by Crippen LogP contribution is 2.47. The lowest BCUT2D eigenvalue weighted by Gasteiger charge is -2.35. The van der Waals surface area contributed by atoms with Gasteiger partial charge in [-0.05, 0) is 18.6 Å². The van der Waals surface area contributed by atoms with Crippen LogP contribution >= 0.6 is 0 Å². The van der Waals surface area contributed by atoms with E-state index < -0.39 is 29.5 Å². The predicted octanol–water partition coefficient (Wildman–Crippen LogP) is 2.52. The Morgan fingerprint density at radius 1 is 0.886 bits per heavy atom. The van der Waals surface area contributed by atoms with Crippen molar-refractivity contribution in [2.75, 3.05) is 7.11 Å². The predicted molar refractivity (Wildman–Crippen MR) is 120 cm³/mol. The lowest BCUT2D eigenvalue weighted by molar-refractivity contribution is -0.178. The summed E-state index contributed by atoms with van der Waals surface area (Å²) in [5.74, 6) is -2.98. The molecule has 3 aromatic rings. The van der Waals surface area contributed by atoms with E-state index in [-0.39, 0.29) is 47.4 Å². The molecule has 11 nitrogen and oxygen atoms in total. The summed E-state index contributed by atoms with van der Waals surface area (Å²) >= 11 is 0. The number of fused-ring (bicyclic) bond motifs is 3. The first-order valence-electron chi connectivity index (χ1n) is 10.7. The van der Waals surface area contributed by atoms with E-state index in [0.717, 1.165) is 6.92 Å². The number of benzene rings is 2. The van der Waals surface area contributed by atoms with Crippen molar-refractivity contribution in [2.45, 2.75) is 45.6 Å². The van der Waals surface area contributed by atoms with Gasteiger partial charge >= 0.3 is 23.9 Å². The maximum atomic E-state index is 12.2. The highest BCUT2D eigenvalue weighted by atomic mass is 16.6. The van der Waals surface area contributed by atoms with Crippen molar-refractivity contribution < 1.29 is 43.2 Å². The number of carbonyl (C=O) groups is 4. The third kappa shape index (κ3) is 4.20. The number of rotatable bonds is 5. The summed E-state index contributed by atoms with van der Waals surface area (Å²) in [6.07, 6.45) is -0.395. The maximum absolute atomic E-state index is 12.2. The van der Waals surface area contributed by atoms with Gasteiger partial charge < -0.3 is 24.1 Å². The monoisotopic (exact) mass is 482 g/mol. The van der Waals surface area contributed by atoms with Gasteiger partial charge in [0, 0.05) is 44.7 Å². The number of aliphatic carboxylic acids is 1. The number of ether oxygens (including phenoxy) is 4. The van der Waals surface area contributed by atoms with Gasteiger partial charge in [0.15, 0.2) is 11.5 Å². The zero-order valence-corrected chi connectivity index (χ0v) is 19.5. The fourth-order valence-corrected chi connectivity index (χ4v) is 4.34. The van der Waals surface area contributed by atoms with Gasteiger partial charge in [-0.2, -0.15) is 0 Å². The second kappa shape index (κ2) is 8.82. The number of nitrogens with zero attached hydrogens (tertiary/aromatic N) is 2. The van der Waals surface area contributed by atoms with Crippen LogP contribution in [0.1, 0.15) is 38.3 Å². The smallest absolute Gasteiger partial charge is 0.348 e. The zero-order chi connectivity index (χ0) is 25.5. The molecule has 0 spiro atoms. The van der Waals surface area contributed by atoms with Gasteiger partial charge in [-0.15, -0.1) is 0 Å². The van der Waals surface area contributed by atoms with Crippen LogP contribution in [0.25, 0.3) is 22.1 Å². The normalized spacial score (nSPS) is 16.9. The number of carboxylic acid groups (broad SMARTS) is 1. The fourth-order valence-electron chi connectivity index (χ4n) is 4.34. The molecule has 1 aliphatic rings. The van der Waals surface area contributed by atoms with Crippen molar-refractivity contribution in [1.29, 1.82) is 0 Å². The maximum Gasteiger partial charge on any atom is 0.348 e. The molecule has 0 saturated carbocycles. The van der Waals surface area contributed by atoms with Crippen molar-refractivity contribution in [1.82, 2.24) is 9.97 Å². The van der Waals surface area contributed by atoms with Crippen LogP contribution in [0.5, 0.6) is 17.2 Å². The van der Waals surface area contributed by atoms with Crippen LogP contribution in [0, 0.1) is 0 Å². The van der Waals surface area contributed by atoms with E-state index in [4.69, 9.17) is 18.9 Å². The summed E-state index contributed by atoms with van der Waals surface area (Å²) < 4.78 is 21.7. The Morgan fingerprint density at radius 2 is 1.51 bits per heavy atom. The lowest BCUT2D eigenvalue weighted by Crippen LogP contribution is -2.47. The van der Waals surface area contributed by atoms with Crippen molar-refractivity contribution in [3.63, 3.8) is 0 Å². The SMILES string of the molecule is COc1cccc2nc3c(OC(C)=O)c4c(c(OC(C)=O)c3nc12)CCC(OC(C)=O)(C(=O)O)C4. The van der Waals surface area contributed by atoms with Crippen molar-refractivity contribution in [2.24, 2.45) is 0 Å². The van der Waals surface area contributed by atoms with Crippen LogP contribution in [0.3, 0.4) is 0 Å². The first-order chi connectivity index (χ1) is 16.6. The molecular formula is C24H22N2O9. The fraction of sp³-hybridized carbons (Fsp3) is 0.333. The molecule has 0 amide bonds. The van der Waals surface area contributed by atoms with Crippen LogP contribution in [-0.4, -0.2) is 51.7 Å². The van der Waals surface area contributed by atoms with Gasteiger partial charge in [-0.3, -0.25) is 14.4 Å². The molecule has 182 valence electrons. The van der Waals surface area contributed by atoms with E-state index in [9.17, 15) is 24.3 Å². The lowest BCUT2D eigenvalue weighted by atomic mass is 9.79. The summed E-state index contributed by atoms with van der Waals surface area (Å²) in [4.78, 5) is 57.3. The van der Waals surface area contributed by atoms with Gasteiger partial charge in [-0.25, -0.2) is 14.8 Å². The summed E-state index contributed by atoms with van der Waals surface area (Å²) in [5, 5.41) is 9.95. The molecule has 1 aliphatic carbocycles. The average Bonchev–Trinajstić information content (AvgIpc) is 2.78. The van der Waals surface area contributed by atoms with E-state index in [1.54, 1.807) is 18.2 Å². The zero-order valence-electron chi connectivity index (χ0n) is 19.5. The Balaban J connectivity index is 2.12. The second-order valence-corrected chi connectivity index (χ2v) is 8.12. The number of carbonyl (C=O) groups excluding carboxylic acids is 3. The largest absolute Gasteiger partial charge is 0.494 e. The average molecular weight is 482 g/mol. The summed E-state index contributed by atoms with van der Waals surface area (Å²) in [5.41, 5.74) is -0.239. The molecule has 1 aromatic heterocycles. The number of hydrogen-bond donors (Lipinski definition) is 1. The quantitative estimate of drug-likeness (QED) is 0.324. The molecule has 1 unspecified atom stereocenters. The van der Waals surface area contributed by atoms with Crippen LogP contribution in [0.15, 0.2) is 18.2 Å². The van der Waals surface area contributed by atoms with E-state index in [0.29, 0.717) is 22.3 Å². The Hall–Kier alpha value is -4.28. The van der Waals surface area contributed by atoms with Crippen molar-refractivity contribution in [3.05, 3.63) is 29.3 Å². The number of methoxy groups -OCH3 is 1. The van der Waals surface area contributed by atoms with Crippen LogP contribution < -0.4 is 14.2 Å².